The lowest BCUT2D eigenvalue weighted by Crippen LogP contribution is -2.47. The highest BCUT2D eigenvalue weighted by Crippen LogP contribution is 2.21. The van der Waals surface area contributed by atoms with Gasteiger partial charge < -0.3 is 9.64 Å². The quantitative estimate of drug-likeness (QED) is 0.544. The van der Waals surface area contributed by atoms with E-state index < -0.39 is 9.85 Å². The number of piperazine rings is 1. The van der Waals surface area contributed by atoms with Gasteiger partial charge in [0, 0.05) is 62.7 Å². The van der Waals surface area contributed by atoms with Gasteiger partial charge in [0.15, 0.2) is 0 Å². The molecule has 0 N–H and O–H groups in total. The highest BCUT2D eigenvalue weighted by molar-refractivity contribution is 5.51. The van der Waals surface area contributed by atoms with Crippen LogP contribution in [0.15, 0.2) is 48.5 Å². The SMILES string of the molecule is O=[N+]([O-])c1ccc(OCCN2CCN(c3ccc([N+](=O)[O-])cc3)CC2)cc1. The molecule has 0 saturated carbocycles. The molecule has 1 saturated heterocycles. The summed E-state index contributed by atoms with van der Waals surface area (Å²) in [7, 11) is 0. The first-order valence-corrected chi connectivity index (χ1v) is 8.62. The van der Waals surface area contributed by atoms with Crippen LogP contribution in [0.5, 0.6) is 5.75 Å². The standard InChI is InChI=1S/C18H20N4O5/c23-21(24)16-3-1-15(2-4-16)20-11-9-19(10-12-20)13-14-27-18-7-5-17(6-8-18)22(25)26/h1-8H,9-14H2. The first-order valence-electron chi connectivity index (χ1n) is 8.62. The fourth-order valence-corrected chi connectivity index (χ4v) is 2.97. The minimum Gasteiger partial charge on any atom is -0.492 e. The van der Waals surface area contributed by atoms with Crippen LogP contribution in [0.2, 0.25) is 0 Å². The maximum Gasteiger partial charge on any atom is 0.269 e. The molecule has 0 spiro atoms. The summed E-state index contributed by atoms with van der Waals surface area (Å²) >= 11 is 0. The maximum atomic E-state index is 10.7. The molecule has 0 aromatic heterocycles. The van der Waals surface area contributed by atoms with Crippen molar-refractivity contribution in [2.75, 3.05) is 44.2 Å². The van der Waals surface area contributed by atoms with E-state index in [-0.39, 0.29) is 11.4 Å². The highest BCUT2D eigenvalue weighted by Gasteiger charge is 2.18. The average Bonchev–Trinajstić information content (AvgIpc) is 2.69. The zero-order valence-corrected chi connectivity index (χ0v) is 14.7. The second-order valence-corrected chi connectivity index (χ2v) is 6.20. The van der Waals surface area contributed by atoms with Gasteiger partial charge in [0.2, 0.25) is 0 Å². The van der Waals surface area contributed by atoms with Crippen LogP contribution in [0.3, 0.4) is 0 Å². The first kappa shape index (κ1) is 18.6. The number of nitrogens with zero attached hydrogens (tertiary/aromatic N) is 4. The number of nitro benzene ring substituents is 2. The summed E-state index contributed by atoms with van der Waals surface area (Å²) in [5, 5.41) is 21.4. The van der Waals surface area contributed by atoms with Gasteiger partial charge in [-0.25, -0.2) is 0 Å². The molecule has 0 amide bonds. The topological polar surface area (TPSA) is 102 Å². The first-order chi connectivity index (χ1) is 13.0. The van der Waals surface area contributed by atoms with Crippen LogP contribution in [-0.4, -0.2) is 54.1 Å². The predicted molar refractivity (Wildman–Crippen MR) is 100 cm³/mol. The number of hydrogen-bond acceptors (Lipinski definition) is 7. The van der Waals surface area contributed by atoms with Crippen molar-refractivity contribution >= 4 is 17.1 Å². The van der Waals surface area contributed by atoms with Crippen LogP contribution < -0.4 is 9.64 Å². The Hall–Kier alpha value is -3.20. The van der Waals surface area contributed by atoms with E-state index in [2.05, 4.69) is 9.80 Å². The normalized spacial score (nSPS) is 14.7. The second-order valence-electron chi connectivity index (χ2n) is 6.20. The molecule has 2 aromatic rings. The lowest BCUT2D eigenvalue weighted by molar-refractivity contribution is -0.385. The monoisotopic (exact) mass is 372 g/mol. The number of hydrogen-bond donors (Lipinski definition) is 0. The summed E-state index contributed by atoms with van der Waals surface area (Å²) in [5.74, 6) is 0.616. The van der Waals surface area contributed by atoms with Gasteiger partial charge in [0.1, 0.15) is 12.4 Å². The number of ether oxygens (including phenoxy) is 1. The van der Waals surface area contributed by atoms with Crippen LogP contribution >= 0.6 is 0 Å². The molecule has 1 fully saturated rings. The van der Waals surface area contributed by atoms with Gasteiger partial charge in [-0.1, -0.05) is 0 Å². The van der Waals surface area contributed by atoms with Gasteiger partial charge in [-0.05, 0) is 24.3 Å². The minimum atomic E-state index is -0.436. The van der Waals surface area contributed by atoms with Gasteiger partial charge in [0.25, 0.3) is 11.4 Å². The molecule has 142 valence electrons. The fraction of sp³-hybridized carbons (Fsp3) is 0.333. The van der Waals surface area contributed by atoms with Crippen LogP contribution in [0.4, 0.5) is 17.1 Å². The van der Waals surface area contributed by atoms with Crippen molar-refractivity contribution in [2.24, 2.45) is 0 Å². The molecule has 3 rings (SSSR count). The van der Waals surface area contributed by atoms with E-state index in [0.29, 0.717) is 12.4 Å². The fourth-order valence-electron chi connectivity index (χ4n) is 2.97. The summed E-state index contributed by atoms with van der Waals surface area (Å²) in [4.78, 5) is 25.0. The van der Waals surface area contributed by atoms with E-state index in [4.69, 9.17) is 4.74 Å². The second kappa shape index (κ2) is 8.45. The summed E-state index contributed by atoms with van der Waals surface area (Å²) in [5.41, 5.74) is 1.13. The summed E-state index contributed by atoms with van der Waals surface area (Å²) in [6.07, 6.45) is 0. The third-order valence-corrected chi connectivity index (χ3v) is 4.52. The van der Waals surface area contributed by atoms with Gasteiger partial charge in [-0.2, -0.15) is 0 Å². The van der Waals surface area contributed by atoms with E-state index in [1.807, 2.05) is 0 Å². The Morgan fingerprint density at radius 3 is 1.85 bits per heavy atom. The van der Waals surface area contributed by atoms with Crippen LogP contribution in [-0.2, 0) is 0 Å². The lowest BCUT2D eigenvalue weighted by atomic mass is 10.2. The zero-order valence-electron chi connectivity index (χ0n) is 14.7. The van der Waals surface area contributed by atoms with E-state index in [9.17, 15) is 20.2 Å². The molecule has 1 aliphatic rings. The van der Waals surface area contributed by atoms with Crippen LogP contribution in [0.25, 0.3) is 0 Å². The van der Waals surface area contributed by atoms with Crippen molar-refractivity contribution in [3.8, 4) is 5.75 Å². The Balaban J connectivity index is 1.41. The third kappa shape index (κ3) is 4.91. The molecule has 0 radical (unpaired) electrons. The molecule has 0 bridgehead atoms. The molecular weight excluding hydrogens is 352 g/mol. The van der Waals surface area contributed by atoms with Crippen molar-refractivity contribution in [3.63, 3.8) is 0 Å². The molecule has 2 aromatic carbocycles. The molecule has 1 heterocycles. The number of benzene rings is 2. The molecule has 9 heteroatoms. The van der Waals surface area contributed by atoms with Crippen molar-refractivity contribution in [1.82, 2.24) is 4.90 Å². The molecule has 0 atom stereocenters. The Bertz CT molecular complexity index is 784. The zero-order chi connectivity index (χ0) is 19.2. The Morgan fingerprint density at radius 2 is 1.33 bits per heavy atom. The lowest BCUT2D eigenvalue weighted by Gasteiger charge is -2.36. The summed E-state index contributed by atoms with van der Waals surface area (Å²) < 4.78 is 5.65. The van der Waals surface area contributed by atoms with Gasteiger partial charge in [-0.3, -0.25) is 25.1 Å². The molecule has 27 heavy (non-hydrogen) atoms. The molecule has 0 unspecified atom stereocenters. The molecule has 1 aliphatic heterocycles. The third-order valence-electron chi connectivity index (χ3n) is 4.52. The smallest absolute Gasteiger partial charge is 0.269 e. The van der Waals surface area contributed by atoms with E-state index in [0.717, 1.165) is 38.4 Å². The van der Waals surface area contributed by atoms with Crippen molar-refractivity contribution < 1.29 is 14.6 Å². The molecule has 0 aliphatic carbocycles. The predicted octanol–water partition coefficient (Wildman–Crippen LogP) is 2.70. The number of non-ortho nitro benzene ring substituents is 2. The van der Waals surface area contributed by atoms with Crippen molar-refractivity contribution in [2.45, 2.75) is 0 Å². The van der Waals surface area contributed by atoms with Gasteiger partial charge in [0.05, 0.1) is 9.85 Å². The number of rotatable bonds is 7. The van der Waals surface area contributed by atoms with E-state index in [1.165, 1.54) is 24.3 Å². The number of nitro groups is 2. The van der Waals surface area contributed by atoms with E-state index in [1.54, 1.807) is 24.3 Å². The Morgan fingerprint density at radius 1 is 0.815 bits per heavy atom. The van der Waals surface area contributed by atoms with Crippen molar-refractivity contribution in [1.29, 1.82) is 0 Å². The van der Waals surface area contributed by atoms with Crippen LogP contribution in [0.1, 0.15) is 0 Å². The highest BCUT2D eigenvalue weighted by atomic mass is 16.6. The van der Waals surface area contributed by atoms with Gasteiger partial charge >= 0.3 is 0 Å². The van der Waals surface area contributed by atoms with Crippen molar-refractivity contribution in [3.05, 3.63) is 68.8 Å². The Kier molecular flexibility index (Phi) is 5.82. The molecular formula is C18H20N4O5. The summed E-state index contributed by atoms with van der Waals surface area (Å²) in [6.45, 7) is 4.71. The maximum absolute atomic E-state index is 10.7. The van der Waals surface area contributed by atoms with E-state index >= 15 is 0 Å². The molecule has 9 nitrogen and oxygen atoms in total. The Labute approximate surface area is 156 Å². The summed E-state index contributed by atoms with van der Waals surface area (Å²) in [6, 6.07) is 12.7. The average molecular weight is 372 g/mol. The minimum absolute atomic E-state index is 0.0460. The largest absolute Gasteiger partial charge is 0.492 e. The van der Waals surface area contributed by atoms with Gasteiger partial charge in [-0.15, -0.1) is 0 Å². The van der Waals surface area contributed by atoms with Crippen LogP contribution in [0, 0.1) is 20.2 Å². The number of anilines is 1.